The number of aliphatic hydroxyl groups is 1. The number of hydrogen-bond acceptors (Lipinski definition) is 4. The van der Waals surface area contributed by atoms with E-state index in [-0.39, 0.29) is 18.9 Å². The van der Waals surface area contributed by atoms with Gasteiger partial charge in [0.2, 0.25) is 10.0 Å². The van der Waals surface area contributed by atoms with E-state index in [1.165, 1.54) is 11.4 Å². The van der Waals surface area contributed by atoms with E-state index in [0.29, 0.717) is 13.0 Å². The average Bonchev–Trinajstić information content (AvgIpc) is 2.49. The molecule has 1 aliphatic rings. The molecule has 5 nitrogen and oxygen atoms in total. The van der Waals surface area contributed by atoms with Gasteiger partial charge < -0.3 is 9.84 Å². The van der Waals surface area contributed by atoms with E-state index in [0.717, 1.165) is 0 Å². The molecular formula is C7H15NO4S. The van der Waals surface area contributed by atoms with Crippen molar-refractivity contribution in [1.82, 2.24) is 4.31 Å². The fraction of sp³-hybridized carbons (Fsp3) is 1.00. The standard InChI is InChI=1S/C7H15NO4S/c1-12-4-5-13(10,11)8-3-2-7(9)6-8/h7,9H,2-6H2,1H3/t7-/m0/s1. The molecule has 1 heterocycles. The van der Waals surface area contributed by atoms with Crippen molar-refractivity contribution in [2.24, 2.45) is 0 Å². The summed E-state index contributed by atoms with van der Waals surface area (Å²) in [6, 6.07) is 0. The number of β-amino-alcohol motifs (C(OH)–C–C–N with tert-alkyl or cyclic N) is 1. The fourth-order valence-electron chi connectivity index (χ4n) is 1.28. The average molecular weight is 209 g/mol. The minimum atomic E-state index is -3.21. The highest BCUT2D eigenvalue weighted by molar-refractivity contribution is 7.89. The van der Waals surface area contributed by atoms with Crippen LogP contribution in [0.15, 0.2) is 0 Å². The Hall–Kier alpha value is -0.170. The number of aliphatic hydroxyl groups excluding tert-OH is 1. The zero-order valence-electron chi connectivity index (χ0n) is 7.64. The highest BCUT2D eigenvalue weighted by Crippen LogP contribution is 2.13. The minimum Gasteiger partial charge on any atom is -0.392 e. The Kier molecular flexibility index (Phi) is 3.66. The topological polar surface area (TPSA) is 66.8 Å². The first kappa shape index (κ1) is 10.9. The number of methoxy groups -OCH3 is 1. The van der Waals surface area contributed by atoms with Crippen molar-refractivity contribution in [3.8, 4) is 0 Å². The number of hydrogen-bond donors (Lipinski definition) is 1. The molecule has 1 fully saturated rings. The molecule has 1 saturated heterocycles. The minimum absolute atomic E-state index is 0.00375. The van der Waals surface area contributed by atoms with Crippen LogP contribution in [0.2, 0.25) is 0 Å². The van der Waals surface area contributed by atoms with Gasteiger partial charge in [-0.15, -0.1) is 0 Å². The molecule has 0 bridgehead atoms. The van der Waals surface area contributed by atoms with Crippen LogP contribution >= 0.6 is 0 Å². The van der Waals surface area contributed by atoms with E-state index in [1.807, 2.05) is 0 Å². The molecular weight excluding hydrogens is 194 g/mol. The third kappa shape index (κ3) is 2.91. The second-order valence-corrected chi connectivity index (χ2v) is 5.20. The molecule has 0 amide bonds. The van der Waals surface area contributed by atoms with Gasteiger partial charge in [0.25, 0.3) is 0 Å². The Bertz CT molecular complexity index is 251. The van der Waals surface area contributed by atoms with Crippen molar-refractivity contribution in [2.75, 3.05) is 32.6 Å². The van der Waals surface area contributed by atoms with Crippen LogP contribution in [0.5, 0.6) is 0 Å². The Morgan fingerprint density at radius 2 is 2.31 bits per heavy atom. The van der Waals surface area contributed by atoms with Gasteiger partial charge in [-0.1, -0.05) is 0 Å². The summed E-state index contributed by atoms with van der Waals surface area (Å²) in [6.07, 6.45) is 0.0315. The Labute approximate surface area is 78.4 Å². The maximum atomic E-state index is 11.5. The highest BCUT2D eigenvalue weighted by Gasteiger charge is 2.29. The van der Waals surface area contributed by atoms with Gasteiger partial charge in [-0.25, -0.2) is 8.42 Å². The molecule has 0 saturated carbocycles. The van der Waals surface area contributed by atoms with Crippen molar-refractivity contribution in [3.63, 3.8) is 0 Å². The molecule has 13 heavy (non-hydrogen) atoms. The lowest BCUT2D eigenvalue weighted by Gasteiger charge is -2.14. The summed E-state index contributed by atoms with van der Waals surface area (Å²) in [7, 11) is -1.74. The maximum Gasteiger partial charge on any atom is 0.216 e. The number of ether oxygens (including phenoxy) is 1. The zero-order chi connectivity index (χ0) is 9.90. The van der Waals surface area contributed by atoms with Gasteiger partial charge in [0.15, 0.2) is 0 Å². The first-order valence-corrected chi connectivity index (χ1v) is 5.82. The van der Waals surface area contributed by atoms with Crippen LogP contribution in [0.4, 0.5) is 0 Å². The number of rotatable bonds is 4. The van der Waals surface area contributed by atoms with Crippen molar-refractivity contribution in [3.05, 3.63) is 0 Å². The molecule has 0 spiro atoms. The normalized spacial score (nSPS) is 25.2. The monoisotopic (exact) mass is 209 g/mol. The second kappa shape index (κ2) is 4.36. The van der Waals surface area contributed by atoms with Gasteiger partial charge in [-0.2, -0.15) is 4.31 Å². The second-order valence-electron chi connectivity index (χ2n) is 3.11. The van der Waals surface area contributed by atoms with Gasteiger partial charge in [-0.3, -0.25) is 0 Å². The van der Waals surface area contributed by atoms with E-state index in [1.54, 1.807) is 0 Å². The SMILES string of the molecule is COCCS(=O)(=O)N1CC[C@H](O)C1. The van der Waals surface area contributed by atoms with Crippen LogP contribution in [-0.2, 0) is 14.8 Å². The van der Waals surface area contributed by atoms with Gasteiger partial charge in [0, 0.05) is 20.2 Å². The lowest BCUT2D eigenvalue weighted by molar-refractivity contribution is 0.188. The quantitative estimate of drug-likeness (QED) is 0.647. The lowest BCUT2D eigenvalue weighted by Crippen LogP contribution is -2.33. The van der Waals surface area contributed by atoms with Crippen molar-refractivity contribution in [1.29, 1.82) is 0 Å². The summed E-state index contributed by atoms with van der Waals surface area (Å²) in [5.41, 5.74) is 0. The van der Waals surface area contributed by atoms with Crippen LogP contribution < -0.4 is 0 Å². The van der Waals surface area contributed by atoms with Crippen LogP contribution in [0, 0.1) is 0 Å². The number of nitrogens with zero attached hydrogens (tertiary/aromatic N) is 1. The molecule has 1 N–H and O–H groups in total. The predicted molar refractivity (Wildman–Crippen MR) is 47.9 cm³/mol. The van der Waals surface area contributed by atoms with Crippen molar-refractivity contribution in [2.45, 2.75) is 12.5 Å². The summed E-state index contributed by atoms with van der Waals surface area (Å²) < 4.78 is 29.0. The van der Waals surface area contributed by atoms with E-state index in [9.17, 15) is 8.42 Å². The summed E-state index contributed by atoms with van der Waals surface area (Å²) >= 11 is 0. The smallest absolute Gasteiger partial charge is 0.216 e. The third-order valence-corrected chi connectivity index (χ3v) is 3.87. The lowest BCUT2D eigenvalue weighted by atomic mass is 10.3. The van der Waals surface area contributed by atoms with Gasteiger partial charge in [0.1, 0.15) is 0 Å². The Morgan fingerprint density at radius 1 is 1.62 bits per heavy atom. The molecule has 0 unspecified atom stereocenters. The van der Waals surface area contributed by atoms with Crippen molar-refractivity contribution >= 4 is 10.0 Å². The Morgan fingerprint density at radius 3 is 2.77 bits per heavy atom. The van der Waals surface area contributed by atoms with Crippen LogP contribution in [0.3, 0.4) is 0 Å². The van der Waals surface area contributed by atoms with Crippen LogP contribution in [0.25, 0.3) is 0 Å². The molecule has 6 heteroatoms. The molecule has 78 valence electrons. The van der Waals surface area contributed by atoms with Crippen molar-refractivity contribution < 1.29 is 18.3 Å². The summed E-state index contributed by atoms with van der Waals surface area (Å²) in [4.78, 5) is 0. The van der Waals surface area contributed by atoms with E-state index in [4.69, 9.17) is 9.84 Å². The fourth-order valence-corrected chi connectivity index (χ4v) is 2.70. The van der Waals surface area contributed by atoms with E-state index >= 15 is 0 Å². The zero-order valence-corrected chi connectivity index (χ0v) is 8.46. The third-order valence-electron chi connectivity index (χ3n) is 2.06. The number of sulfonamides is 1. The Balaban J connectivity index is 2.50. The first-order chi connectivity index (χ1) is 6.06. The predicted octanol–water partition coefficient (Wildman–Crippen LogP) is -0.971. The molecule has 1 aliphatic heterocycles. The molecule has 0 radical (unpaired) electrons. The van der Waals surface area contributed by atoms with Crippen LogP contribution in [0.1, 0.15) is 6.42 Å². The van der Waals surface area contributed by atoms with Gasteiger partial charge in [0.05, 0.1) is 18.5 Å². The highest BCUT2D eigenvalue weighted by atomic mass is 32.2. The molecule has 1 atom stereocenters. The van der Waals surface area contributed by atoms with E-state index < -0.39 is 16.1 Å². The summed E-state index contributed by atoms with van der Waals surface area (Å²) in [5.74, 6) is -0.00375. The molecule has 0 aromatic heterocycles. The first-order valence-electron chi connectivity index (χ1n) is 4.21. The summed E-state index contributed by atoms with van der Waals surface area (Å²) in [5, 5.41) is 9.15. The molecule has 0 aromatic rings. The van der Waals surface area contributed by atoms with Crippen LogP contribution in [-0.4, -0.2) is 56.5 Å². The largest absolute Gasteiger partial charge is 0.392 e. The molecule has 1 rings (SSSR count). The summed E-state index contributed by atoms with van der Waals surface area (Å²) in [6.45, 7) is 0.855. The molecule has 0 aromatic carbocycles. The van der Waals surface area contributed by atoms with Gasteiger partial charge >= 0.3 is 0 Å². The molecule has 0 aliphatic carbocycles. The van der Waals surface area contributed by atoms with Gasteiger partial charge in [-0.05, 0) is 6.42 Å². The van der Waals surface area contributed by atoms with E-state index in [2.05, 4.69) is 0 Å². The maximum absolute atomic E-state index is 11.5.